The molecule has 0 aliphatic carbocycles. The summed E-state index contributed by atoms with van der Waals surface area (Å²) < 4.78 is 39.4. The molecule has 106 valence electrons. The molecule has 0 radical (unpaired) electrons. The van der Waals surface area contributed by atoms with Gasteiger partial charge in [-0.2, -0.15) is 13.2 Å². The predicted molar refractivity (Wildman–Crippen MR) is 76.1 cm³/mol. The second-order valence-corrected chi connectivity index (χ2v) is 5.30. The third-order valence-corrected chi connectivity index (χ3v) is 3.41. The van der Waals surface area contributed by atoms with Crippen LogP contribution in [0.25, 0.3) is 0 Å². The van der Waals surface area contributed by atoms with Crippen molar-refractivity contribution in [3.63, 3.8) is 0 Å². The van der Waals surface area contributed by atoms with Crippen LogP contribution in [0.4, 0.5) is 13.2 Å². The average Bonchev–Trinajstić information content (AvgIpc) is 2.40. The van der Waals surface area contributed by atoms with Crippen LogP contribution < -0.4 is 5.32 Å². The second kappa shape index (κ2) is 6.41. The van der Waals surface area contributed by atoms with E-state index in [1.807, 2.05) is 24.3 Å². The fourth-order valence-electron chi connectivity index (χ4n) is 1.89. The maximum Gasteiger partial charge on any atom is 0.416 e. The monoisotopic (exact) mass is 343 g/mol. The van der Waals surface area contributed by atoms with Gasteiger partial charge in [-0.05, 0) is 29.3 Å². The topological polar surface area (TPSA) is 12.0 Å². The van der Waals surface area contributed by atoms with Crippen molar-refractivity contribution < 1.29 is 13.2 Å². The van der Waals surface area contributed by atoms with Crippen LogP contribution in [-0.4, -0.2) is 0 Å². The molecule has 0 aromatic heterocycles. The molecule has 0 heterocycles. The Hall–Kier alpha value is -1.33. The molecule has 0 fully saturated rings. The summed E-state index contributed by atoms with van der Waals surface area (Å²) in [4.78, 5) is 0. The third-order valence-electron chi connectivity index (χ3n) is 2.88. The Balaban J connectivity index is 1.99. The molecular formula is C15H13BrF3N. The number of alkyl halides is 3. The summed E-state index contributed by atoms with van der Waals surface area (Å²) in [5.74, 6) is 0. The van der Waals surface area contributed by atoms with Crippen molar-refractivity contribution in [2.45, 2.75) is 19.3 Å². The van der Waals surface area contributed by atoms with Gasteiger partial charge >= 0.3 is 6.18 Å². The van der Waals surface area contributed by atoms with Gasteiger partial charge in [-0.15, -0.1) is 0 Å². The molecule has 0 amide bonds. The highest BCUT2D eigenvalue weighted by molar-refractivity contribution is 9.10. The molecule has 5 heteroatoms. The average molecular weight is 344 g/mol. The second-order valence-electron chi connectivity index (χ2n) is 4.38. The summed E-state index contributed by atoms with van der Waals surface area (Å²) in [5.41, 5.74) is 0.707. The molecule has 2 aromatic carbocycles. The molecule has 0 atom stereocenters. The van der Waals surface area contributed by atoms with Crippen molar-refractivity contribution in [1.82, 2.24) is 5.32 Å². The first kappa shape index (κ1) is 15.1. The lowest BCUT2D eigenvalue weighted by molar-refractivity contribution is -0.138. The highest BCUT2D eigenvalue weighted by Crippen LogP contribution is 2.31. The molecule has 2 rings (SSSR count). The number of nitrogens with one attached hydrogen (secondary N) is 1. The normalized spacial score (nSPS) is 11.6. The smallest absolute Gasteiger partial charge is 0.309 e. The van der Waals surface area contributed by atoms with E-state index in [-0.39, 0.29) is 12.1 Å². The fourth-order valence-corrected chi connectivity index (χ4v) is 2.16. The molecule has 0 unspecified atom stereocenters. The molecule has 0 bridgehead atoms. The lowest BCUT2D eigenvalue weighted by Crippen LogP contribution is -2.17. The van der Waals surface area contributed by atoms with Crippen LogP contribution >= 0.6 is 15.9 Å². The van der Waals surface area contributed by atoms with Crippen LogP contribution in [0.2, 0.25) is 0 Å². The Bertz CT molecular complexity index is 564. The largest absolute Gasteiger partial charge is 0.416 e. The van der Waals surface area contributed by atoms with Gasteiger partial charge in [0.2, 0.25) is 0 Å². The van der Waals surface area contributed by atoms with Gasteiger partial charge in [-0.3, -0.25) is 0 Å². The molecule has 0 spiro atoms. The Morgan fingerprint density at radius 2 is 1.55 bits per heavy atom. The Morgan fingerprint density at radius 3 is 2.20 bits per heavy atom. The van der Waals surface area contributed by atoms with Gasteiger partial charge in [-0.25, -0.2) is 0 Å². The molecule has 0 saturated carbocycles. The quantitative estimate of drug-likeness (QED) is 0.843. The van der Waals surface area contributed by atoms with Crippen molar-refractivity contribution in [3.8, 4) is 0 Å². The van der Waals surface area contributed by atoms with Crippen LogP contribution in [-0.2, 0) is 19.3 Å². The van der Waals surface area contributed by atoms with Gasteiger partial charge in [-0.1, -0.05) is 46.3 Å². The zero-order chi connectivity index (χ0) is 14.6. The summed E-state index contributed by atoms with van der Waals surface area (Å²) in [6.45, 7) is 0.714. The molecule has 0 aliphatic rings. The van der Waals surface area contributed by atoms with Gasteiger partial charge in [0.1, 0.15) is 0 Å². The van der Waals surface area contributed by atoms with Crippen LogP contribution in [0.15, 0.2) is 53.0 Å². The number of hydrogen-bond donors (Lipinski definition) is 1. The summed E-state index contributed by atoms with van der Waals surface area (Å²) in [7, 11) is 0. The SMILES string of the molecule is FC(F)(F)c1ccccc1CNCc1ccc(Br)cc1. The van der Waals surface area contributed by atoms with Gasteiger partial charge < -0.3 is 5.32 Å². The standard InChI is InChI=1S/C15H13BrF3N/c16-13-7-5-11(6-8-13)9-20-10-12-3-1-2-4-14(12)15(17,18)19/h1-8,20H,9-10H2. The molecule has 0 saturated heterocycles. The minimum Gasteiger partial charge on any atom is -0.309 e. The number of rotatable bonds is 4. The zero-order valence-electron chi connectivity index (χ0n) is 10.5. The maximum absolute atomic E-state index is 12.8. The molecule has 0 aliphatic heterocycles. The summed E-state index contributed by atoms with van der Waals surface area (Å²) in [6, 6.07) is 13.3. The van der Waals surface area contributed by atoms with E-state index in [1.54, 1.807) is 6.07 Å². The lowest BCUT2D eigenvalue weighted by Gasteiger charge is -2.13. The van der Waals surface area contributed by atoms with E-state index in [9.17, 15) is 13.2 Å². The minimum absolute atomic E-state index is 0.186. The number of halogens is 4. The first-order valence-corrected chi connectivity index (χ1v) is 6.86. The maximum atomic E-state index is 12.8. The van der Waals surface area contributed by atoms with E-state index >= 15 is 0 Å². The Labute approximate surface area is 123 Å². The summed E-state index contributed by atoms with van der Waals surface area (Å²) in [6.07, 6.45) is -4.31. The highest BCUT2D eigenvalue weighted by Gasteiger charge is 2.32. The van der Waals surface area contributed by atoms with Crippen molar-refractivity contribution in [2.24, 2.45) is 0 Å². The Morgan fingerprint density at radius 1 is 0.900 bits per heavy atom. The van der Waals surface area contributed by atoms with E-state index < -0.39 is 11.7 Å². The first-order chi connectivity index (χ1) is 9.47. The van der Waals surface area contributed by atoms with E-state index in [0.29, 0.717) is 6.54 Å². The Kier molecular flexibility index (Phi) is 4.83. The highest BCUT2D eigenvalue weighted by atomic mass is 79.9. The van der Waals surface area contributed by atoms with Crippen molar-refractivity contribution in [2.75, 3.05) is 0 Å². The van der Waals surface area contributed by atoms with Crippen molar-refractivity contribution in [3.05, 3.63) is 69.7 Å². The van der Waals surface area contributed by atoms with Gasteiger partial charge in [0.15, 0.2) is 0 Å². The predicted octanol–water partition coefficient (Wildman–Crippen LogP) is 4.76. The summed E-state index contributed by atoms with van der Waals surface area (Å²) in [5, 5.41) is 3.03. The van der Waals surface area contributed by atoms with Gasteiger partial charge in [0, 0.05) is 17.6 Å². The number of benzene rings is 2. The van der Waals surface area contributed by atoms with Crippen LogP contribution in [0, 0.1) is 0 Å². The summed E-state index contributed by atoms with van der Waals surface area (Å²) >= 11 is 3.34. The minimum atomic E-state index is -4.31. The molecule has 1 nitrogen and oxygen atoms in total. The van der Waals surface area contributed by atoms with E-state index in [0.717, 1.165) is 16.1 Å². The van der Waals surface area contributed by atoms with E-state index in [4.69, 9.17) is 0 Å². The van der Waals surface area contributed by atoms with Gasteiger partial charge in [0.05, 0.1) is 5.56 Å². The molecule has 2 aromatic rings. The van der Waals surface area contributed by atoms with Crippen LogP contribution in [0.5, 0.6) is 0 Å². The van der Waals surface area contributed by atoms with E-state index in [1.165, 1.54) is 12.1 Å². The molecule has 1 N–H and O–H groups in total. The van der Waals surface area contributed by atoms with Crippen molar-refractivity contribution >= 4 is 15.9 Å². The lowest BCUT2D eigenvalue weighted by atomic mass is 10.1. The molecule has 20 heavy (non-hydrogen) atoms. The van der Waals surface area contributed by atoms with Crippen molar-refractivity contribution in [1.29, 1.82) is 0 Å². The van der Waals surface area contributed by atoms with E-state index in [2.05, 4.69) is 21.2 Å². The number of hydrogen-bond acceptors (Lipinski definition) is 1. The first-order valence-electron chi connectivity index (χ1n) is 6.07. The molecular weight excluding hydrogens is 331 g/mol. The third kappa shape index (κ3) is 4.08. The van der Waals surface area contributed by atoms with Crippen LogP contribution in [0.1, 0.15) is 16.7 Å². The zero-order valence-corrected chi connectivity index (χ0v) is 12.1. The fraction of sp³-hybridized carbons (Fsp3) is 0.200. The van der Waals surface area contributed by atoms with Crippen LogP contribution in [0.3, 0.4) is 0 Å². The van der Waals surface area contributed by atoms with Gasteiger partial charge in [0.25, 0.3) is 0 Å².